The summed E-state index contributed by atoms with van der Waals surface area (Å²) in [6.07, 6.45) is 7.19. The number of aromatic nitrogens is 2. The van der Waals surface area contributed by atoms with Crippen LogP contribution in [0, 0.1) is 17.1 Å². The number of ether oxygens (including phenoxy) is 1. The Bertz CT molecular complexity index is 1750. The number of unbranched alkanes of at least 4 members (excludes halogenated alkanes) is 3. The van der Waals surface area contributed by atoms with Crippen molar-refractivity contribution in [2.45, 2.75) is 46.1 Å². The van der Waals surface area contributed by atoms with Crippen molar-refractivity contribution < 1.29 is 18.7 Å². The van der Waals surface area contributed by atoms with Crippen LogP contribution in [-0.2, 0) is 16.2 Å². The third-order valence-corrected chi connectivity index (χ3v) is 7.57. The van der Waals surface area contributed by atoms with Gasteiger partial charge in [-0.2, -0.15) is 10.4 Å². The molecule has 0 unspecified atom stereocenters. The molecule has 0 saturated carbocycles. The molecule has 3 aromatic carbocycles. The third-order valence-electron chi connectivity index (χ3n) is 7.57. The van der Waals surface area contributed by atoms with E-state index >= 15 is 0 Å². The van der Waals surface area contributed by atoms with Crippen molar-refractivity contribution in [3.8, 4) is 28.8 Å². The number of carbonyl (C=O) groups excluding carboxylic acids is 2. The quantitative estimate of drug-likeness (QED) is 0.103. The van der Waals surface area contributed by atoms with Crippen molar-refractivity contribution in [2.75, 3.05) is 6.54 Å². The first-order valence-corrected chi connectivity index (χ1v) is 14.7. The molecule has 1 aliphatic rings. The summed E-state index contributed by atoms with van der Waals surface area (Å²) in [4.78, 5) is 27.9. The number of imide groups is 1. The zero-order valence-corrected chi connectivity index (χ0v) is 24.8. The number of nitrogens with zero attached hydrogens (tertiary/aromatic N) is 4. The highest BCUT2D eigenvalue weighted by atomic mass is 19.1. The molecule has 0 radical (unpaired) electrons. The monoisotopic (exact) mass is 588 g/mol. The summed E-state index contributed by atoms with van der Waals surface area (Å²) in [7, 11) is 0. The van der Waals surface area contributed by atoms with Gasteiger partial charge in [-0.1, -0.05) is 56.5 Å². The number of carbonyl (C=O) groups is 2. The predicted molar refractivity (Wildman–Crippen MR) is 167 cm³/mol. The Labute approximate surface area is 256 Å². The van der Waals surface area contributed by atoms with Gasteiger partial charge in [-0.05, 0) is 79.1 Å². The molecule has 4 aromatic rings. The maximum Gasteiger partial charge on any atom is 0.271 e. The molecule has 0 spiro atoms. The topological polar surface area (TPSA) is 88.2 Å². The molecule has 8 heteroatoms. The first kappa shape index (κ1) is 30.2. The molecular formula is C36H33FN4O3. The van der Waals surface area contributed by atoms with Crippen molar-refractivity contribution >= 4 is 17.9 Å². The largest absolute Gasteiger partial charge is 0.489 e. The molecule has 0 bridgehead atoms. The van der Waals surface area contributed by atoms with Gasteiger partial charge in [0.05, 0.1) is 11.4 Å². The van der Waals surface area contributed by atoms with E-state index < -0.39 is 11.8 Å². The number of halogens is 1. The summed E-state index contributed by atoms with van der Waals surface area (Å²) >= 11 is 0. The van der Waals surface area contributed by atoms with Crippen LogP contribution in [0.1, 0.15) is 50.7 Å². The predicted octanol–water partition coefficient (Wildman–Crippen LogP) is 7.43. The smallest absolute Gasteiger partial charge is 0.271 e. The fourth-order valence-corrected chi connectivity index (χ4v) is 5.07. The van der Waals surface area contributed by atoms with E-state index in [0.29, 0.717) is 41.2 Å². The normalized spacial score (nSPS) is 14.3. The maximum atomic E-state index is 13.7. The van der Waals surface area contributed by atoms with E-state index in [1.54, 1.807) is 29.8 Å². The van der Waals surface area contributed by atoms with Gasteiger partial charge in [0.1, 0.15) is 29.8 Å². The average Bonchev–Trinajstić information content (AvgIpc) is 3.47. The minimum atomic E-state index is -0.542. The lowest BCUT2D eigenvalue weighted by Crippen LogP contribution is -2.43. The number of hydrogen-bond donors (Lipinski definition) is 0. The molecule has 5 rings (SSSR count). The molecule has 1 aliphatic heterocycles. The van der Waals surface area contributed by atoms with Gasteiger partial charge in [-0.3, -0.25) is 14.5 Å². The fourth-order valence-electron chi connectivity index (χ4n) is 5.07. The molecule has 2 heterocycles. The van der Waals surface area contributed by atoms with Gasteiger partial charge in [0, 0.05) is 29.4 Å². The van der Waals surface area contributed by atoms with Crippen molar-refractivity contribution in [3.63, 3.8) is 0 Å². The summed E-state index contributed by atoms with van der Waals surface area (Å²) in [5.41, 5.74) is 4.39. The molecular weight excluding hydrogens is 555 g/mol. The minimum absolute atomic E-state index is 0.0222. The van der Waals surface area contributed by atoms with Crippen molar-refractivity contribution in [3.05, 3.63) is 119 Å². The van der Waals surface area contributed by atoms with Gasteiger partial charge in [-0.25, -0.2) is 9.07 Å². The van der Waals surface area contributed by atoms with Gasteiger partial charge < -0.3 is 4.74 Å². The number of amides is 2. The average molecular weight is 589 g/mol. The Morgan fingerprint density at radius 1 is 0.932 bits per heavy atom. The van der Waals surface area contributed by atoms with Gasteiger partial charge in [0.25, 0.3) is 11.8 Å². The Balaban J connectivity index is 1.50. The fraction of sp³-hybridized carbons (Fsp3) is 0.222. The van der Waals surface area contributed by atoms with Gasteiger partial charge in [0.15, 0.2) is 0 Å². The van der Waals surface area contributed by atoms with Crippen LogP contribution in [0.3, 0.4) is 0 Å². The second kappa shape index (κ2) is 13.8. The summed E-state index contributed by atoms with van der Waals surface area (Å²) in [5, 5.41) is 14.7. The number of para-hydroxylation sites is 1. The van der Waals surface area contributed by atoms with Crippen LogP contribution in [0.4, 0.5) is 4.39 Å². The van der Waals surface area contributed by atoms with E-state index in [4.69, 9.17) is 9.84 Å². The highest BCUT2D eigenvalue weighted by Crippen LogP contribution is 2.32. The standard InChI is InChI=1S/C36H33FN4O3/c1-3-4-5-9-20-40-35(42)32(25(2)33(22-38)36(40)43)21-28-23-41(30-10-7-6-8-11-30)39-34(28)27-14-18-31(19-15-27)44-24-26-12-16-29(37)17-13-26/h6-8,10-19,21,23H,3-5,9,20,24H2,1-2H3/b32-21+. The molecule has 0 atom stereocenters. The first-order chi connectivity index (χ1) is 21.4. The second-order valence-electron chi connectivity index (χ2n) is 10.6. The van der Waals surface area contributed by atoms with Crippen LogP contribution in [0.15, 0.2) is 102 Å². The highest BCUT2D eigenvalue weighted by Gasteiger charge is 2.35. The maximum absolute atomic E-state index is 13.7. The Morgan fingerprint density at radius 3 is 2.34 bits per heavy atom. The number of nitriles is 1. The summed E-state index contributed by atoms with van der Waals surface area (Å²) in [6.45, 7) is 4.30. The molecule has 0 saturated heterocycles. The number of hydrogen-bond acceptors (Lipinski definition) is 5. The number of rotatable bonds is 11. The molecule has 1 aromatic heterocycles. The van der Waals surface area contributed by atoms with E-state index in [-0.39, 0.29) is 17.9 Å². The lowest BCUT2D eigenvalue weighted by atomic mass is 9.93. The van der Waals surface area contributed by atoms with Crippen LogP contribution in [0.25, 0.3) is 23.0 Å². The van der Waals surface area contributed by atoms with Crippen LogP contribution in [0.5, 0.6) is 5.75 Å². The lowest BCUT2D eigenvalue weighted by molar-refractivity contribution is -0.140. The molecule has 0 N–H and O–H groups in total. The van der Waals surface area contributed by atoms with E-state index in [9.17, 15) is 19.2 Å². The van der Waals surface area contributed by atoms with Gasteiger partial charge in [0.2, 0.25) is 0 Å². The third kappa shape index (κ3) is 6.68. The first-order valence-electron chi connectivity index (χ1n) is 14.7. The number of benzene rings is 3. The summed E-state index contributed by atoms with van der Waals surface area (Å²) < 4.78 is 20.9. The van der Waals surface area contributed by atoms with Crippen molar-refractivity contribution in [1.29, 1.82) is 5.26 Å². The minimum Gasteiger partial charge on any atom is -0.489 e. The van der Waals surface area contributed by atoms with Crippen LogP contribution in [-0.4, -0.2) is 33.0 Å². The zero-order chi connectivity index (χ0) is 31.1. The van der Waals surface area contributed by atoms with Crippen LogP contribution < -0.4 is 4.74 Å². The van der Waals surface area contributed by atoms with E-state index in [1.165, 1.54) is 17.0 Å². The Morgan fingerprint density at radius 2 is 1.66 bits per heavy atom. The van der Waals surface area contributed by atoms with E-state index in [1.807, 2.05) is 66.9 Å². The molecule has 2 amide bonds. The lowest BCUT2D eigenvalue weighted by Gasteiger charge is -2.27. The van der Waals surface area contributed by atoms with Crippen LogP contribution in [0.2, 0.25) is 0 Å². The second-order valence-corrected chi connectivity index (χ2v) is 10.6. The molecule has 0 fully saturated rings. The molecule has 222 valence electrons. The molecule has 7 nitrogen and oxygen atoms in total. The van der Waals surface area contributed by atoms with Crippen molar-refractivity contribution in [2.24, 2.45) is 0 Å². The molecule has 0 aliphatic carbocycles. The molecule has 44 heavy (non-hydrogen) atoms. The Kier molecular flexibility index (Phi) is 9.46. The van der Waals surface area contributed by atoms with Crippen LogP contribution >= 0.6 is 0 Å². The summed E-state index contributed by atoms with van der Waals surface area (Å²) in [5.74, 6) is -0.613. The Hall–Kier alpha value is -5.29. The van der Waals surface area contributed by atoms with Crippen molar-refractivity contribution in [1.82, 2.24) is 14.7 Å². The zero-order valence-electron chi connectivity index (χ0n) is 24.8. The SMILES string of the molecule is CCCCCCN1C(=O)C(C#N)=C(C)/C(=C\c2cn(-c3ccccc3)nc2-c2ccc(OCc3ccc(F)cc3)cc2)C1=O. The summed E-state index contributed by atoms with van der Waals surface area (Å²) in [6, 6.07) is 25.2. The van der Waals surface area contributed by atoms with E-state index in [0.717, 1.165) is 36.1 Å². The van der Waals surface area contributed by atoms with Gasteiger partial charge >= 0.3 is 0 Å². The van der Waals surface area contributed by atoms with Gasteiger partial charge in [-0.15, -0.1) is 0 Å². The van der Waals surface area contributed by atoms with E-state index in [2.05, 4.69) is 6.92 Å². The highest BCUT2D eigenvalue weighted by molar-refractivity contribution is 6.19.